The number of likely N-dealkylation sites (tertiary alicyclic amines) is 1. The van der Waals surface area contributed by atoms with Crippen LogP contribution in [0.1, 0.15) is 10.4 Å². The molecule has 2 fully saturated rings. The zero-order valence-corrected chi connectivity index (χ0v) is 14.4. The first-order valence-electron chi connectivity index (χ1n) is 8.98. The summed E-state index contributed by atoms with van der Waals surface area (Å²) in [6.45, 7) is 4.38. The van der Waals surface area contributed by atoms with E-state index in [-0.39, 0.29) is 5.91 Å². The first kappa shape index (κ1) is 15.4. The fourth-order valence-electron chi connectivity index (χ4n) is 4.21. The number of nitrogens with zero attached hydrogens (tertiary/aromatic N) is 4. The predicted molar refractivity (Wildman–Crippen MR) is 94.6 cm³/mol. The molecule has 1 aromatic carbocycles. The molecule has 0 saturated carbocycles. The molecule has 0 spiro atoms. The van der Waals surface area contributed by atoms with E-state index in [4.69, 9.17) is 9.47 Å². The Bertz CT molecular complexity index is 815. The molecule has 2 saturated heterocycles. The minimum atomic E-state index is 0.0350. The molecule has 4 heterocycles. The van der Waals surface area contributed by atoms with Crippen LogP contribution in [0.15, 0.2) is 36.8 Å². The van der Waals surface area contributed by atoms with Gasteiger partial charge in [-0.3, -0.25) is 9.78 Å². The van der Waals surface area contributed by atoms with Crippen LogP contribution in [-0.2, 0) is 0 Å². The van der Waals surface area contributed by atoms with Crippen molar-refractivity contribution >= 4 is 11.7 Å². The molecular weight excluding hydrogens is 332 g/mol. The largest absolute Gasteiger partial charge is 0.486 e. The van der Waals surface area contributed by atoms with Gasteiger partial charge in [-0.1, -0.05) is 6.07 Å². The second kappa shape index (κ2) is 6.16. The van der Waals surface area contributed by atoms with Crippen LogP contribution in [0, 0.1) is 11.8 Å². The zero-order valence-electron chi connectivity index (χ0n) is 14.4. The van der Waals surface area contributed by atoms with E-state index < -0.39 is 0 Å². The maximum Gasteiger partial charge on any atom is 0.257 e. The molecule has 7 nitrogen and oxygen atoms in total. The molecule has 1 aromatic heterocycles. The minimum Gasteiger partial charge on any atom is -0.486 e. The molecule has 2 atom stereocenters. The molecule has 7 heteroatoms. The molecular formula is C19H20N4O3. The summed E-state index contributed by atoms with van der Waals surface area (Å²) in [6, 6.07) is 5.53. The van der Waals surface area contributed by atoms with Crippen molar-refractivity contribution in [2.24, 2.45) is 11.8 Å². The fraction of sp³-hybridized carbons (Fsp3) is 0.421. The number of amides is 1. The molecule has 3 aliphatic heterocycles. The van der Waals surface area contributed by atoms with Crippen molar-refractivity contribution in [1.29, 1.82) is 0 Å². The van der Waals surface area contributed by atoms with Gasteiger partial charge in [0.15, 0.2) is 11.5 Å². The van der Waals surface area contributed by atoms with Crippen LogP contribution < -0.4 is 14.4 Å². The summed E-state index contributed by atoms with van der Waals surface area (Å²) in [5, 5.41) is 0. The normalized spacial score (nSPS) is 23.8. The molecule has 1 amide bonds. The molecule has 0 N–H and O–H groups in total. The lowest BCUT2D eigenvalue weighted by atomic mass is 10.0. The summed E-state index contributed by atoms with van der Waals surface area (Å²) in [4.78, 5) is 25.8. The van der Waals surface area contributed by atoms with Gasteiger partial charge < -0.3 is 19.3 Å². The standard InChI is InChI=1S/C19H20N4O3/c24-19(15-2-1-3-16-18(15)26-7-6-25-16)23-11-13-9-22(10-14(13)12-23)17-8-20-4-5-21-17/h1-5,8,13-14H,6-7,9-12H2. The first-order valence-corrected chi connectivity index (χ1v) is 8.98. The van der Waals surface area contributed by atoms with E-state index in [9.17, 15) is 4.79 Å². The summed E-state index contributed by atoms with van der Waals surface area (Å²) in [6.07, 6.45) is 5.21. The van der Waals surface area contributed by atoms with Gasteiger partial charge >= 0.3 is 0 Å². The van der Waals surface area contributed by atoms with Crippen LogP contribution in [0.25, 0.3) is 0 Å². The van der Waals surface area contributed by atoms with E-state index in [1.807, 2.05) is 23.1 Å². The number of aromatic nitrogens is 2. The Labute approximate surface area is 151 Å². The van der Waals surface area contributed by atoms with Crippen molar-refractivity contribution in [2.45, 2.75) is 0 Å². The van der Waals surface area contributed by atoms with E-state index in [1.54, 1.807) is 18.6 Å². The molecule has 3 aliphatic rings. The number of ether oxygens (including phenoxy) is 2. The zero-order chi connectivity index (χ0) is 17.5. The molecule has 0 aliphatic carbocycles. The van der Waals surface area contributed by atoms with Crippen LogP contribution in [0.5, 0.6) is 11.5 Å². The van der Waals surface area contributed by atoms with Gasteiger partial charge in [0.25, 0.3) is 5.91 Å². The van der Waals surface area contributed by atoms with Gasteiger partial charge in [-0.25, -0.2) is 4.98 Å². The maximum atomic E-state index is 13.1. The van der Waals surface area contributed by atoms with Crippen LogP contribution in [-0.4, -0.2) is 60.2 Å². The number of fused-ring (bicyclic) bond motifs is 2. The SMILES string of the molecule is O=C(c1cccc2c1OCCO2)N1CC2CN(c3cnccn3)CC2C1. The number of para-hydroxylation sites is 1. The highest BCUT2D eigenvalue weighted by Crippen LogP contribution is 2.37. The second-order valence-electron chi connectivity index (χ2n) is 7.03. The average Bonchev–Trinajstić information content (AvgIpc) is 3.27. The monoisotopic (exact) mass is 352 g/mol. The van der Waals surface area contributed by atoms with Gasteiger partial charge in [0.1, 0.15) is 19.0 Å². The van der Waals surface area contributed by atoms with E-state index >= 15 is 0 Å². The van der Waals surface area contributed by atoms with Gasteiger partial charge in [0.05, 0.1) is 11.8 Å². The molecule has 26 heavy (non-hydrogen) atoms. The summed E-state index contributed by atoms with van der Waals surface area (Å²) >= 11 is 0. The topological polar surface area (TPSA) is 67.8 Å². The fourth-order valence-corrected chi connectivity index (χ4v) is 4.21. The lowest BCUT2D eigenvalue weighted by Gasteiger charge is -2.25. The van der Waals surface area contributed by atoms with Crippen LogP contribution in [0.3, 0.4) is 0 Å². The van der Waals surface area contributed by atoms with E-state index in [0.29, 0.717) is 42.1 Å². The Hall–Kier alpha value is -2.83. The lowest BCUT2D eigenvalue weighted by Crippen LogP contribution is -2.34. The highest BCUT2D eigenvalue weighted by molar-refractivity contribution is 5.98. The molecule has 134 valence electrons. The summed E-state index contributed by atoms with van der Waals surface area (Å²) in [7, 11) is 0. The van der Waals surface area contributed by atoms with Crippen molar-refractivity contribution in [1.82, 2.24) is 14.9 Å². The van der Waals surface area contributed by atoms with Gasteiger partial charge in [0, 0.05) is 50.4 Å². The third-order valence-corrected chi connectivity index (χ3v) is 5.44. The molecule has 2 unspecified atom stereocenters. The summed E-state index contributed by atoms with van der Waals surface area (Å²) in [5.41, 5.74) is 0.605. The van der Waals surface area contributed by atoms with Gasteiger partial charge in [-0.05, 0) is 12.1 Å². The van der Waals surface area contributed by atoms with Crippen LogP contribution in [0.2, 0.25) is 0 Å². The van der Waals surface area contributed by atoms with Crippen LogP contribution >= 0.6 is 0 Å². The molecule has 0 radical (unpaired) electrons. The number of carbonyl (C=O) groups excluding carboxylic acids is 1. The molecule has 2 aromatic rings. The summed E-state index contributed by atoms with van der Waals surface area (Å²) < 4.78 is 11.3. The highest BCUT2D eigenvalue weighted by Gasteiger charge is 2.42. The van der Waals surface area contributed by atoms with Crippen molar-refractivity contribution < 1.29 is 14.3 Å². The second-order valence-corrected chi connectivity index (χ2v) is 7.03. The number of hydrogen-bond donors (Lipinski definition) is 0. The number of hydrogen-bond acceptors (Lipinski definition) is 6. The minimum absolute atomic E-state index is 0.0350. The Morgan fingerprint density at radius 2 is 1.85 bits per heavy atom. The number of carbonyl (C=O) groups is 1. The number of anilines is 1. The lowest BCUT2D eigenvalue weighted by molar-refractivity contribution is 0.0772. The highest BCUT2D eigenvalue weighted by atomic mass is 16.6. The van der Waals surface area contributed by atoms with Gasteiger partial charge in [0.2, 0.25) is 0 Å². The Kier molecular flexibility index (Phi) is 3.65. The third kappa shape index (κ3) is 2.55. The Balaban J connectivity index is 1.30. The van der Waals surface area contributed by atoms with Gasteiger partial charge in [-0.15, -0.1) is 0 Å². The van der Waals surface area contributed by atoms with Crippen LogP contribution in [0.4, 0.5) is 5.82 Å². The van der Waals surface area contributed by atoms with Crippen molar-refractivity contribution in [3.63, 3.8) is 0 Å². The number of rotatable bonds is 2. The molecule has 5 rings (SSSR count). The smallest absolute Gasteiger partial charge is 0.257 e. The Morgan fingerprint density at radius 3 is 2.62 bits per heavy atom. The number of benzene rings is 1. The van der Waals surface area contributed by atoms with Gasteiger partial charge in [-0.2, -0.15) is 0 Å². The van der Waals surface area contributed by atoms with Crippen molar-refractivity contribution in [2.75, 3.05) is 44.3 Å². The first-order chi connectivity index (χ1) is 12.8. The van der Waals surface area contributed by atoms with Crippen molar-refractivity contribution in [3.8, 4) is 11.5 Å². The summed E-state index contributed by atoms with van der Waals surface area (Å²) in [5.74, 6) is 3.14. The van der Waals surface area contributed by atoms with Crippen molar-refractivity contribution in [3.05, 3.63) is 42.4 Å². The average molecular weight is 352 g/mol. The quantitative estimate of drug-likeness (QED) is 0.815. The third-order valence-electron chi connectivity index (χ3n) is 5.44. The van der Waals surface area contributed by atoms with E-state index in [1.165, 1.54) is 0 Å². The molecule has 0 bridgehead atoms. The predicted octanol–water partition coefficient (Wildman–Crippen LogP) is 1.46. The van der Waals surface area contributed by atoms with E-state index in [0.717, 1.165) is 32.0 Å². The van der Waals surface area contributed by atoms with E-state index in [2.05, 4.69) is 14.9 Å². The Morgan fingerprint density at radius 1 is 1.04 bits per heavy atom. The maximum absolute atomic E-state index is 13.1.